The van der Waals surface area contributed by atoms with E-state index in [0.717, 1.165) is 11.1 Å². The summed E-state index contributed by atoms with van der Waals surface area (Å²) in [5.74, 6) is -0.711. The lowest BCUT2D eigenvalue weighted by Crippen LogP contribution is -2.53. The molecule has 5 rings (SSSR count). The molecule has 1 unspecified atom stereocenters. The Balaban J connectivity index is 1.33. The van der Waals surface area contributed by atoms with E-state index >= 15 is 0 Å². The summed E-state index contributed by atoms with van der Waals surface area (Å²) in [5.41, 5.74) is 2.35. The number of nitrogens with zero attached hydrogens (tertiary/aromatic N) is 2. The molecule has 246 valence electrons. The van der Waals surface area contributed by atoms with Crippen LogP contribution in [0.3, 0.4) is 0 Å². The van der Waals surface area contributed by atoms with Crippen molar-refractivity contribution in [3.63, 3.8) is 0 Å². The number of benzene rings is 3. The van der Waals surface area contributed by atoms with Gasteiger partial charge in [0.2, 0.25) is 0 Å². The van der Waals surface area contributed by atoms with E-state index < -0.39 is 17.6 Å². The summed E-state index contributed by atoms with van der Waals surface area (Å²) in [7, 11) is 0. The number of carbonyl (C=O) groups is 3. The third-order valence-electron chi connectivity index (χ3n) is 8.15. The average Bonchev–Trinajstić information content (AvgIpc) is 3.59. The summed E-state index contributed by atoms with van der Waals surface area (Å²) in [6.45, 7) is 9.57. The lowest BCUT2D eigenvalue weighted by atomic mass is 9.90. The Morgan fingerprint density at radius 1 is 0.957 bits per heavy atom. The number of ether oxygens (including phenoxy) is 2. The van der Waals surface area contributed by atoms with Gasteiger partial charge in [0.05, 0.1) is 12.2 Å². The van der Waals surface area contributed by atoms with Gasteiger partial charge in [0.25, 0.3) is 5.91 Å². The third-order valence-corrected chi connectivity index (χ3v) is 8.15. The molecule has 1 N–H and O–H groups in total. The number of piperidine rings is 1. The van der Waals surface area contributed by atoms with Crippen LogP contribution in [0.2, 0.25) is 0 Å². The molecule has 0 bridgehead atoms. The molecule has 1 aliphatic heterocycles. The first-order valence-electron chi connectivity index (χ1n) is 16.0. The van der Waals surface area contributed by atoms with Crippen LogP contribution in [0.4, 0.5) is 16.2 Å². The molecule has 0 spiro atoms. The first-order valence-corrected chi connectivity index (χ1v) is 16.0. The predicted molar refractivity (Wildman–Crippen MR) is 181 cm³/mol. The molecule has 3 atom stereocenters. The fraction of sp³-hybridized carbons (Fsp3) is 0.342. The van der Waals surface area contributed by atoms with E-state index in [4.69, 9.17) is 13.9 Å². The average molecular weight is 638 g/mol. The topological polar surface area (TPSA) is 101 Å². The number of hydrogen-bond donors (Lipinski definition) is 1. The van der Waals surface area contributed by atoms with Crippen LogP contribution in [0.5, 0.6) is 0 Å². The summed E-state index contributed by atoms with van der Waals surface area (Å²) < 4.78 is 16.8. The fourth-order valence-corrected chi connectivity index (χ4v) is 5.99. The van der Waals surface area contributed by atoms with Crippen LogP contribution in [0, 0.1) is 5.92 Å². The van der Waals surface area contributed by atoms with Gasteiger partial charge in [0.1, 0.15) is 12.2 Å². The van der Waals surface area contributed by atoms with E-state index in [1.54, 1.807) is 56.0 Å². The van der Waals surface area contributed by atoms with Gasteiger partial charge in [0, 0.05) is 37.1 Å². The lowest BCUT2D eigenvalue weighted by Gasteiger charge is -2.43. The highest BCUT2D eigenvalue weighted by molar-refractivity contribution is 6.05. The maximum atomic E-state index is 13.9. The van der Waals surface area contributed by atoms with Gasteiger partial charge < -0.3 is 23.7 Å². The van der Waals surface area contributed by atoms with Crippen LogP contribution in [-0.4, -0.2) is 54.1 Å². The van der Waals surface area contributed by atoms with Gasteiger partial charge in [-0.25, -0.2) is 4.79 Å². The largest absolute Gasteiger partial charge is 0.460 e. The molecule has 2 heterocycles. The Morgan fingerprint density at radius 3 is 2.34 bits per heavy atom. The summed E-state index contributed by atoms with van der Waals surface area (Å²) in [6, 6.07) is 29.8. The van der Waals surface area contributed by atoms with E-state index in [-0.39, 0.29) is 36.2 Å². The van der Waals surface area contributed by atoms with Crippen LogP contribution < -0.4 is 10.2 Å². The zero-order valence-electron chi connectivity index (χ0n) is 27.4. The summed E-state index contributed by atoms with van der Waals surface area (Å²) in [4.78, 5) is 44.0. The van der Waals surface area contributed by atoms with Crippen LogP contribution in [0.25, 0.3) is 0 Å². The number of esters is 1. The molecule has 9 heteroatoms. The SMILES string of the molecule is C[C@H]1CN(CC(C(=O)OCc2ccccc2)c2ccccc2)CC[C@H]1N(C(=O)c1ccco1)c1cccc(NC(=O)OC(C)(C)C)c1. The maximum Gasteiger partial charge on any atom is 0.412 e. The van der Waals surface area contributed by atoms with Crippen molar-refractivity contribution in [2.24, 2.45) is 5.92 Å². The molecule has 1 aliphatic rings. The summed E-state index contributed by atoms with van der Waals surface area (Å²) in [5, 5.41) is 2.78. The molecule has 1 saturated heterocycles. The van der Waals surface area contributed by atoms with Crippen molar-refractivity contribution in [1.29, 1.82) is 0 Å². The molecule has 1 aromatic heterocycles. The van der Waals surface area contributed by atoms with Gasteiger partial charge in [-0.15, -0.1) is 0 Å². The van der Waals surface area contributed by atoms with Gasteiger partial charge in [-0.05, 0) is 74.6 Å². The third kappa shape index (κ3) is 9.10. The van der Waals surface area contributed by atoms with E-state index in [1.807, 2.05) is 66.7 Å². The van der Waals surface area contributed by atoms with Crippen molar-refractivity contribution in [1.82, 2.24) is 4.90 Å². The number of rotatable bonds is 10. The van der Waals surface area contributed by atoms with Crippen molar-refractivity contribution < 1.29 is 28.3 Å². The Morgan fingerprint density at radius 2 is 1.68 bits per heavy atom. The number of anilines is 2. The van der Waals surface area contributed by atoms with Gasteiger partial charge in [0.15, 0.2) is 5.76 Å². The number of carbonyl (C=O) groups excluding carboxylic acids is 3. The van der Waals surface area contributed by atoms with Crippen molar-refractivity contribution in [2.75, 3.05) is 29.9 Å². The number of nitrogens with one attached hydrogen (secondary N) is 1. The molecule has 47 heavy (non-hydrogen) atoms. The standard InChI is InChI=1S/C38H43N3O6/c1-27-24-40(25-32(29-15-9-6-10-16-29)36(43)46-26-28-13-7-5-8-14-28)21-20-33(27)41(35(42)34-19-12-22-45-34)31-18-11-17-30(23-31)39-37(44)47-38(2,3)4/h5-19,22-23,27,32-33H,20-21,24-26H2,1-4H3,(H,39,44)/t27-,32?,33+/m0/s1. The highest BCUT2D eigenvalue weighted by atomic mass is 16.6. The number of amides is 2. The second-order valence-corrected chi connectivity index (χ2v) is 13.0. The first-order chi connectivity index (χ1) is 22.6. The van der Waals surface area contributed by atoms with Gasteiger partial charge >= 0.3 is 12.1 Å². The quantitative estimate of drug-likeness (QED) is 0.180. The lowest BCUT2D eigenvalue weighted by molar-refractivity contribution is -0.147. The molecule has 2 amide bonds. The van der Waals surface area contributed by atoms with Crippen LogP contribution in [0.1, 0.15) is 61.7 Å². The highest BCUT2D eigenvalue weighted by Crippen LogP contribution is 2.32. The Kier molecular flexibility index (Phi) is 10.8. The Labute approximate surface area is 276 Å². The van der Waals surface area contributed by atoms with Crippen LogP contribution in [-0.2, 0) is 20.9 Å². The minimum Gasteiger partial charge on any atom is -0.460 e. The Bertz CT molecular complexity index is 1620. The molecule has 0 radical (unpaired) electrons. The maximum absolute atomic E-state index is 13.9. The van der Waals surface area contributed by atoms with Gasteiger partial charge in [-0.2, -0.15) is 0 Å². The predicted octanol–water partition coefficient (Wildman–Crippen LogP) is 7.51. The van der Waals surface area contributed by atoms with E-state index in [9.17, 15) is 14.4 Å². The van der Waals surface area contributed by atoms with Crippen LogP contribution >= 0.6 is 0 Å². The highest BCUT2D eigenvalue weighted by Gasteiger charge is 2.37. The first kappa shape index (κ1) is 33.5. The van der Waals surface area contributed by atoms with Crippen molar-refractivity contribution in [3.8, 4) is 0 Å². The number of likely N-dealkylation sites (tertiary alicyclic amines) is 1. The van der Waals surface area contributed by atoms with Crippen LogP contribution in [0.15, 0.2) is 108 Å². The minimum absolute atomic E-state index is 0.0434. The summed E-state index contributed by atoms with van der Waals surface area (Å²) >= 11 is 0. The molecule has 1 fully saturated rings. The second-order valence-electron chi connectivity index (χ2n) is 13.0. The summed E-state index contributed by atoms with van der Waals surface area (Å²) in [6.07, 6.45) is 1.58. The monoisotopic (exact) mass is 637 g/mol. The number of hydrogen-bond acceptors (Lipinski definition) is 7. The minimum atomic E-state index is -0.648. The van der Waals surface area contributed by atoms with Crippen molar-refractivity contribution in [2.45, 2.75) is 58.3 Å². The van der Waals surface area contributed by atoms with E-state index in [1.165, 1.54) is 6.26 Å². The molecule has 0 saturated carbocycles. The zero-order valence-corrected chi connectivity index (χ0v) is 27.4. The van der Waals surface area contributed by atoms with Crippen molar-refractivity contribution in [3.05, 3.63) is 120 Å². The van der Waals surface area contributed by atoms with Gasteiger partial charge in [-0.1, -0.05) is 73.7 Å². The van der Waals surface area contributed by atoms with Crippen molar-refractivity contribution >= 4 is 29.3 Å². The normalized spacial score (nSPS) is 17.4. The molecule has 9 nitrogen and oxygen atoms in total. The molecular formula is C38H43N3O6. The molecular weight excluding hydrogens is 594 g/mol. The second kappa shape index (κ2) is 15.1. The number of furan rings is 1. The smallest absolute Gasteiger partial charge is 0.412 e. The van der Waals surface area contributed by atoms with Gasteiger partial charge in [-0.3, -0.25) is 14.9 Å². The van der Waals surface area contributed by atoms with E-state index in [0.29, 0.717) is 37.4 Å². The Hall–Kier alpha value is -4.89. The van der Waals surface area contributed by atoms with E-state index in [2.05, 4.69) is 17.1 Å². The molecule has 4 aromatic rings. The molecule has 0 aliphatic carbocycles. The zero-order chi connectivity index (χ0) is 33.4. The molecule has 3 aromatic carbocycles. The fourth-order valence-electron chi connectivity index (χ4n) is 5.99.